The molecule has 0 amide bonds. The Morgan fingerprint density at radius 3 is 2.52 bits per heavy atom. The number of hydrogen-bond donors (Lipinski definition) is 1. The molecule has 0 saturated carbocycles. The third-order valence-electron chi connectivity index (χ3n) is 3.53. The molecule has 0 aliphatic carbocycles. The number of nitrogens with zero attached hydrogens (tertiary/aromatic N) is 5. The van der Waals surface area contributed by atoms with Gasteiger partial charge in [-0.3, -0.25) is 14.9 Å². The summed E-state index contributed by atoms with van der Waals surface area (Å²) in [7, 11) is 3.35. The average Bonchev–Trinajstić information content (AvgIpc) is 2.46. The lowest BCUT2D eigenvalue weighted by Gasteiger charge is -2.30. The van der Waals surface area contributed by atoms with Gasteiger partial charge in [-0.1, -0.05) is 0 Å². The molecule has 0 atom stereocenters. The summed E-state index contributed by atoms with van der Waals surface area (Å²) in [6.07, 6.45) is 2.20. The highest BCUT2D eigenvalue weighted by Gasteiger charge is 2.32. The largest absolute Gasteiger partial charge is 0.481 e. The molecule has 0 bridgehead atoms. The number of aliphatic carboxylic acids is 1. The number of carboxylic acids is 1. The number of piperidine rings is 1. The van der Waals surface area contributed by atoms with Crippen LogP contribution in [0.3, 0.4) is 0 Å². The number of nitro groups is 1. The van der Waals surface area contributed by atoms with Gasteiger partial charge >= 0.3 is 11.7 Å². The van der Waals surface area contributed by atoms with Crippen LogP contribution >= 0.6 is 0 Å². The van der Waals surface area contributed by atoms with Gasteiger partial charge in [0, 0.05) is 27.2 Å². The minimum absolute atomic E-state index is 0.142. The third kappa shape index (κ3) is 3.01. The number of anilines is 2. The molecule has 1 aromatic heterocycles. The van der Waals surface area contributed by atoms with Crippen molar-refractivity contribution in [3.63, 3.8) is 0 Å². The van der Waals surface area contributed by atoms with Gasteiger partial charge in [0.1, 0.15) is 6.33 Å². The van der Waals surface area contributed by atoms with E-state index in [0.29, 0.717) is 25.9 Å². The van der Waals surface area contributed by atoms with Crippen LogP contribution in [-0.4, -0.2) is 53.2 Å². The highest BCUT2D eigenvalue weighted by Crippen LogP contribution is 2.34. The number of hydrogen-bond acceptors (Lipinski definition) is 7. The van der Waals surface area contributed by atoms with Crippen molar-refractivity contribution in [1.82, 2.24) is 9.97 Å². The quantitative estimate of drug-likeness (QED) is 0.639. The molecule has 114 valence electrons. The fourth-order valence-electron chi connectivity index (χ4n) is 2.42. The standard InChI is InChI=1S/C12H17N5O4/c1-15(2)10-9(17(20)21)11(14-7-13-10)16-5-3-8(4-6-16)12(18)19/h7-8H,3-6H2,1-2H3,(H,18,19). The molecule has 1 N–H and O–H groups in total. The zero-order chi connectivity index (χ0) is 15.6. The smallest absolute Gasteiger partial charge is 0.353 e. The second-order valence-corrected chi connectivity index (χ2v) is 5.12. The van der Waals surface area contributed by atoms with Crippen LogP contribution in [0, 0.1) is 16.0 Å². The maximum Gasteiger partial charge on any atom is 0.353 e. The maximum absolute atomic E-state index is 11.3. The molecule has 1 saturated heterocycles. The van der Waals surface area contributed by atoms with Crippen molar-refractivity contribution in [2.24, 2.45) is 5.92 Å². The second kappa shape index (κ2) is 5.90. The van der Waals surface area contributed by atoms with Crippen molar-refractivity contribution in [2.45, 2.75) is 12.8 Å². The van der Waals surface area contributed by atoms with Crippen LogP contribution in [0.1, 0.15) is 12.8 Å². The van der Waals surface area contributed by atoms with Crippen molar-refractivity contribution in [3.8, 4) is 0 Å². The fourth-order valence-corrected chi connectivity index (χ4v) is 2.42. The fraction of sp³-hybridized carbons (Fsp3) is 0.583. The van der Waals surface area contributed by atoms with Crippen LogP contribution in [0.25, 0.3) is 0 Å². The number of rotatable bonds is 4. The van der Waals surface area contributed by atoms with Gasteiger partial charge < -0.3 is 14.9 Å². The van der Waals surface area contributed by atoms with E-state index in [4.69, 9.17) is 5.11 Å². The first-order valence-electron chi connectivity index (χ1n) is 6.56. The molecule has 21 heavy (non-hydrogen) atoms. The topological polar surface area (TPSA) is 113 Å². The summed E-state index contributed by atoms with van der Waals surface area (Å²) >= 11 is 0. The van der Waals surface area contributed by atoms with Crippen LogP contribution in [0.5, 0.6) is 0 Å². The number of carbonyl (C=O) groups is 1. The Hall–Kier alpha value is -2.45. The lowest BCUT2D eigenvalue weighted by molar-refractivity contribution is -0.383. The molecule has 9 nitrogen and oxygen atoms in total. The first-order chi connectivity index (χ1) is 9.91. The van der Waals surface area contributed by atoms with E-state index in [-0.39, 0.29) is 17.3 Å². The summed E-state index contributed by atoms with van der Waals surface area (Å²) in [5.41, 5.74) is -0.142. The lowest BCUT2D eigenvalue weighted by atomic mass is 9.97. The molecule has 1 aliphatic heterocycles. The Morgan fingerprint density at radius 1 is 1.43 bits per heavy atom. The molecular weight excluding hydrogens is 278 g/mol. The SMILES string of the molecule is CN(C)c1ncnc(N2CCC(C(=O)O)CC2)c1[N+](=O)[O-]. The first kappa shape index (κ1) is 14.9. The third-order valence-corrected chi connectivity index (χ3v) is 3.53. The van der Waals surface area contributed by atoms with Crippen molar-refractivity contribution in [3.05, 3.63) is 16.4 Å². The summed E-state index contributed by atoms with van der Waals surface area (Å²) in [4.78, 5) is 33.1. The first-order valence-corrected chi connectivity index (χ1v) is 6.56. The van der Waals surface area contributed by atoms with Gasteiger partial charge in [-0.15, -0.1) is 0 Å². The van der Waals surface area contributed by atoms with E-state index in [9.17, 15) is 14.9 Å². The zero-order valence-electron chi connectivity index (χ0n) is 11.9. The maximum atomic E-state index is 11.3. The summed E-state index contributed by atoms with van der Waals surface area (Å²) in [5.74, 6) is -0.718. The van der Waals surface area contributed by atoms with Crippen LogP contribution in [-0.2, 0) is 4.79 Å². The Labute approximate surface area is 121 Å². The molecule has 0 aromatic carbocycles. The van der Waals surface area contributed by atoms with Crippen LogP contribution in [0.15, 0.2) is 6.33 Å². The van der Waals surface area contributed by atoms with Gasteiger partial charge in [-0.05, 0) is 12.8 Å². The van der Waals surface area contributed by atoms with E-state index < -0.39 is 16.8 Å². The second-order valence-electron chi connectivity index (χ2n) is 5.12. The molecule has 0 spiro atoms. The predicted molar refractivity (Wildman–Crippen MR) is 75.6 cm³/mol. The normalized spacial score (nSPS) is 15.8. The molecular formula is C12H17N5O4. The average molecular weight is 295 g/mol. The van der Waals surface area contributed by atoms with E-state index in [1.54, 1.807) is 23.9 Å². The lowest BCUT2D eigenvalue weighted by Crippen LogP contribution is -2.37. The van der Waals surface area contributed by atoms with Gasteiger partial charge in [0.2, 0.25) is 11.6 Å². The summed E-state index contributed by atoms with van der Waals surface area (Å²) in [6.45, 7) is 0.864. The summed E-state index contributed by atoms with van der Waals surface area (Å²) in [5, 5.41) is 20.3. The van der Waals surface area contributed by atoms with Crippen molar-refractivity contribution >= 4 is 23.3 Å². The van der Waals surface area contributed by atoms with Gasteiger partial charge in [-0.25, -0.2) is 9.97 Å². The van der Waals surface area contributed by atoms with Crippen LogP contribution in [0.2, 0.25) is 0 Å². The zero-order valence-corrected chi connectivity index (χ0v) is 11.9. The molecule has 9 heteroatoms. The Morgan fingerprint density at radius 2 is 2.05 bits per heavy atom. The van der Waals surface area contributed by atoms with E-state index in [0.717, 1.165) is 0 Å². The molecule has 2 heterocycles. The Kier molecular flexibility index (Phi) is 4.20. The molecule has 0 unspecified atom stereocenters. The Balaban J connectivity index is 2.30. The highest BCUT2D eigenvalue weighted by molar-refractivity contribution is 5.72. The minimum Gasteiger partial charge on any atom is -0.481 e. The van der Waals surface area contributed by atoms with Crippen molar-refractivity contribution < 1.29 is 14.8 Å². The number of aromatic nitrogens is 2. The number of carboxylic acid groups (broad SMARTS) is 1. The Bertz CT molecular complexity index is 555. The molecule has 1 aliphatic rings. The van der Waals surface area contributed by atoms with E-state index in [1.165, 1.54) is 6.33 Å². The molecule has 1 fully saturated rings. The molecule has 1 aromatic rings. The van der Waals surface area contributed by atoms with Gasteiger partial charge in [-0.2, -0.15) is 0 Å². The summed E-state index contributed by atoms with van der Waals surface area (Å²) in [6, 6.07) is 0. The van der Waals surface area contributed by atoms with E-state index >= 15 is 0 Å². The molecule has 0 radical (unpaired) electrons. The van der Waals surface area contributed by atoms with E-state index in [2.05, 4.69) is 9.97 Å². The van der Waals surface area contributed by atoms with E-state index in [1.807, 2.05) is 0 Å². The van der Waals surface area contributed by atoms with Crippen LogP contribution < -0.4 is 9.80 Å². The van der Waals surface area contributed by atoms with Gasteiger partial charge in [0.25, 0.3) is 0 Å². The van der Waals surface area contributed by atoms with Gasteiger partial charge in [0.05, 0.1) is 10.8 Å². The highest BCUT2D eigenvalue weighted by atomic mass is 16.6. The summed E-state index contributed by atoms with van der Waals surface area (Å²) < 4.78 is 0. The predicted octanol–water partition coefficient (Wildman–Crippen LogP) is 0.752. The monoisotopic (exact) mass is 295 g/mol. The van der Waals surface area contributed by atoms with Gasteiger partial charge in [0.15, 0.2) is 0 Å². The van der Waals surface area contributed by atoms with Crippen molar-refractivity contribution in [2.75, 3.05) is 37.0 Å². The minimum atomic E-state index is -0.819. The van der Waals surface area contributed by atoms with Crippen molar-refractivity contribution in [1.29, 1.82) is 0 Å². The molecule has 2 rings (SSSR count). The van der Waals surface area contributed by atoms with Crippen LogP contribution in [0.4, 0.5) is 17.3 Å².